The van der Waals surface area contributed by atoms with Crippen LogP contribution in [0.1, 0.15) is 18.9 Å². The van der Waals surface area contributed by atoms with Crippen molar-refractivity contribution in [2.75, 3.05) is 0 Å². The number of nitro groups is 1. The molecule has 0 atom stereocenters. The number of nitro benzene ring substituents is 1. The molecule has 0 amide bonds. The van der Waals surface area contributed by atoms with Crippen molar-refractivity contribution < 1.29 is 19.9 Å². The van der Waals surface area contributed by atoms with E-state index in [4.69, 9.17) is 0 Å². The molecule has 6 heteroatoms. The van der Waals surface area contributed by atoms with Crippen molar-refractivity contribution in [3.8, 4) is 11.5 Å². The zero-order chi connectivity index (χ0) is 12.3. The fraction of sp³-hybridized carbons (Fsp3) is 0.300. The summed E-state index contributed by atoms with van der Waals surface area (Å²) in [6.45, 7) is 1.66. The van der Waals surface area contributed by atoms with E-state index >= 15 is 0 Å². The lowest BCUT2D eigenvalue weighted by Crippen LogP contribution is -2.01. The third-order valence-electron chi connectivity index (χ3n) is 2.15. The summed E-state index contributed by atoms with van der Waals surface area (Å²) >= 11 is 0. The number of Topliss-reactive ketones (excluding diaryl/α,β-unsaturated/α-hetero) is 1. The third-order valence-corrected chi connectivity index (χ3v) is 2.15. The van der Waals surface area contributed by atoms with Gasteiger partial charge in [-0.1, -0.05) is 6.92 Å². The number of rotatable bonds is 4. The highest BCUT2D eigenvalue weighted by molar-refractivity contribution is 5.81. The van der Waals surface area contributed by atoms with Crippen LogP contribution in [0.15, 0.2) is 12.1 Å². The Kier molecular flexibility index (Phi) is 3.44. The largest absolute Gasteiger partial charge is 0.508 e. The van der Waals surface area contributed by atoms with Gasteiger partial charge in [-0.25, -0.2) is 0 Å². The predicted octanol–water partition coefficient (Wildman–Crippen LogP) is 1.53. The van der Waals surface area contributed by atoms with E-state index < -0.39 is 16.4 Å². The summed E-state index contributed by atoms with van der Waals surface area (Å²) in [4.78, 5) is 20.9. The molecular weight excluding hydrogens is 214 g/mol. The number of phenols is 2. The van der Waals surface area contributed by atoms with Crippen molar-refractivity contribution in [3.63, 3.8) is 0 Å². The molecule has 6 nitrogen and oxygen atoms in total. The number of phenolic OH excluding ortho intramolecular Hbond substituents is 2. The molecule has 86 valence electrons. The van der Waals surface area contributed by atoms with E-state index in [-0.39, 0.29) is 29.9 Å². The molecule has 1 aromatic carbocycles. The van der Waals surface area contributed by atoms with Crippen molar-refractivity contribution in [1.82, 2.24) is 0 Å². The maximum absolute atomic E-state index is 11.2. The van der Waals surface area contributed by atoms with Crippen molar-refractivity contribution in [3.05, 3.63) is 27.8 Å². The summed E-state index contributed by atoms with van der Waals surface area (Å²) in [5.41, 5.74) is -0.368. The first-order valence-electron chi connectivity index (χ1n) is 4.66. The Morgan fingerprint density at radius 3 is 2.50 bits per heavy atom. The molecule has 0 bridgehead atoms. The lowest BCUT2D eigenvalue weighted by Gasteiger charge is -2.04. The van der Waals surface area contributed by atoms with Crippen LogP contribution < -0.4 is 0 Å². The summed E-state index contributed by atoms with van der Waals surface area (Å²) in [5.74, 6) is -1.07. The molecule has 0 aliphatic heterocycles. The fourth-order valence-corrected chi connectivity index (χ4v) is 1.23. The lowest BCUT2D eigenvalue weighted by molar-refractivity contribution is -0.385. The van der Waals surface area contributed by atoms with Gasteiger partial charge in [0.15, 0.2) is 5.75 Å². The van der Waals surface area contributed by atoms with E-state index in [2.05, 4.69) is 0 Å². The summed E-state index contributed by atoms with van der Waals surface area (Å²) in [6, 6.07) is 1.88. The Balaban J connectivity index is 3.14. The summed E-state index contributed by atoms with van der Waals surface area (Å²) in [7, 11) is 0. The molecule has 0 fully saturated rings. The van der Waals surface area contributed by atoms with Gasteiger partial charge < -0.3 is 10.2 Å². The van der Waals surface area contributed by atoms with Gasteiger partial charge in [-0.2, -0.15) is 0 Å². The van der Waals surface area contributed by atoms with Crippen LogP contribution in [-0.4, -0.2) is 20.9 Å². The van der Waals surface area contributed by atoms with Crippen molar-refractivity contribution in [2.24, 2.45) is 0 Å². The topological polar surface area (TPSA) is 101 Å². The van der Waals surface area contributed by atoms with Crippen LogP contribution in [0, 0.1) is 10.1 Å². The monoisotopic (exact) mass is 225 g/mol. The van der Waals surface area contributed by atoms with Gasteiger partial charge in [-0.3, -0.25) is 14.9 Å². The van der Waals surface area contributed by atoms with E-state index in [1.54, 1.807) is 6.92 Å². The minimum absolute atomic E-state index is 0.0799. The Bertz CT molecular complexity index is 441. The smallest absolute Gasteiger partial charge is 0.311 e. The van der Waals surface area contributed by atoms with Gasteiger partial charge in [0.2, 0.25) is 0 Å². The molecule has 0 spiro atoms. The molecule has 0 aromatic heterocycles. The molecule has 16 heavy (non-hydrogen) atoms. The number of carbonyl (C=O) groups is 1. The van der Waals surface area contributed by atoms with Crippen LogP contribution in [0.4, 0.5) is 5.69 Å². The summed E-state index contributed by atoms with van der Waals surface area (Å²) in [6.07, 6.45) is 0.206. The number of carbonyl (C=O) groups excluding carboxylic acids is 1. The van der Waals surface area contributed by atoms with Crippen LogP contribution in [0.5, 0.6) is 11.5 Å². The summed E-state index contributed by atoms with van der Waals surface area (Å²) in [5, 5.41) is 29.1. The Morgan fingerprint density at radius 2 is 2.00 bits per heavy atom. The minimum Gasteiger partial charge on any atom is -0.508 e. The second-order valence-corrected chi connectivity index (χ2v) is 3.30. The first-order chi connectivity index (χ1) is 7.45. The fourth-order valence-electron chi connectivity index (χ4n) is 1.23. The number of nitrogens with zero attached hydrogens (tertiary/aromatic N) is 1. The number of ketones is 1. The molecule has 0 aliphatic carbocycles. The van der Waals surface area contributed by atoms with E-state index in [0.717, 1.165) is 12.1 Å². The van der Waals surface area contributed by atoms with Crippen molar-refractivity contribution >= 4 is 11.5 Å². The zero-order valence-electron chi connectivity index (χ0n) is 8.64. The zero-order valence-corrected chi connectivity index (χ0v) is 8.64. The highest BCUT2D eigenvalue weighted by Crippen LogP contribution is 2.33. The average Bonchev–Trinajstić information content (AvgIpc) is 2.21. The number of aromatic hydroxyl groups is 2. The Hall–Kier alpha value is -2.11. The quantitative estimate of drug-likeness (QED) is 0.597. The van der Waals surface area contributed by atoms with Crippen LogP contribution in [0.25, 0.3) is 0 Å². The van der Waals surface area contributed by atoms with Gasteiger partial charge in [0.25, 0.3) is 0 Å². The highest BCUT2D eigenvalue weighted by atomic mass is 16.6. The maximum Gasteiger partial charge on any atom is 0.311 e. The molecule has 0 heterocycles. The molecule has 2 N–H and O–H groups in total. The molecule has 0 saturated carbocycles. The number of benzene rings is 1. The van der Waals surface area contributed by atoms with Gasteiger partial charge in [-0.15, -0.1) is 0 Å². The van der Waals surface area contributed by atoms with Gasteiger partial charge in [0, 0.05) is 30.5 Å². The van der Waals surface area contributed by atoms with Gasteiger partial charge >= 0.3 is 5.69 Å². The maximum atomic E-state index is 11.2. The van der Waals surface area contributed by atoms with Crippen molar-refractivity contribution in [1.29, 1.82) is 0 Å². The standard InChI is InChI=1S/C10H11NO5/c1-2-7(12)3-6-4-8(11(15)16)10(14)5-9(6)13/h4-5,13-14H,2-3H2,1H3. The van der Waals surface area contributed by atoms with Gasteiger partial charge in [-0.05, 0) is 0 Å². The lowest BCUT2D eigenvalue weighted by atomic mass is 10.1. The highest BCUT2D eigenvalue weighted by Gasteiger charge is 2.18. The molecule has 1 aromatic rings. The van der Waals surface area contributed by atoms with Gasteiger partial charge in [0.1, 0.15) is 11.5 Å². The SMILES string of the molecule is CCC(=O)Cc1cc([N+](=O)[O-])c(O)cc1O. The van der Waals surface area contributed by atoms with Crippen LogP contribution in [0.3, 0.4) is 0 Å². The molecule has 1 rings (SSSR count). The van der Waals surface area contributed by atoms with Crippen LogP contribution in [0.2, 0.25) is 0 Å². The Labute approximate surface area is 91.3 Å². The third kappa shape index (κ3) is 2.47. The molecular formula is C10H11NO5. The van der Waals surface area contributed by atoms with E-state index in [9.17, 15) is 25.1 Å². The first-order valence-corrected chi connectivity index (χ1v) is 4.66. The van der Waals surface area contributed by atoms with Crippen molar-refractivity contribution in [2.45, 2.75) is 19.8 Å². The number of hydrogen-bond donors (Lipinski definition) is 2. The van der Waals surface area contributed by atoms with E-state index in [0.29, 0.717) is 0 Å². The van der Waals surface area contributed by atoms with E-state index in [1.165, 1.54) is 0 Å². The Morgan fingerprint density at radius 1 is 1.38 bits per heavy atom. The molecule has 0 saturated heterocycles. The average molecular weight is 225 g/mol. The second kappa shape index (κ2) is 4.61. The molecule has 0 aliphatic rings. The molecule has 0 radical (unpaired) electrons. The first kappa shape index (κ1) is 12.0. The minimum atomic E-state index is -0.769. The van der Waals surface area contributed by atoms with Crippen LogP contribution in [-0.2, 0) is 11.2 Å². The predicted molar refractivity (Wildman–Crippen MR) is 55.4 cm³/mol. The molecule has 0 unspecified atom stereocenters. The normalized spacial score (nSPS) is 10.1. The van der Waals surface area contributed by atoms with Gasteiger partial charge in [0.05, 0.1) is 4.92 Å². The number of hydrogen-bond acceptors (Lipinski definition) is 5. The summed E-state index contributed by atoms with van der Waals surface area (Å²) < 4.78 is 0. The van der Waals surface area contributed by atoms with E-state index in [1.807, 2.05) is 0 Å². The van der Waals surface area contributed by atoms with Crippen LogP contribution >= 0.6 is 0 Å². The second-order valence-electron chi connectivity index (χ2n) is 3.30.